The number of nitrogens with one attached hydrogen (secondary N) is 1. The van der Waals surface area contributed by atoms with Crippen molar-refractivity contribution in [2.45, 2.75) is 17.7 Å². The van der Waals surface area contributed by atoms with E-state index < -0.39 is 15.9 Å². The van der Waals surface area contributed by atoms with Gasteiger partial charge < -0.3 is 4.57 Å². The summed E-state index contributed by atoms with van der Waals surface area (Å²) < 4.78 is 31.0. The fraction of sp³-hybridized carbons (Fsp3) is 0.167. The number of sulfonamides is 1. The van der Waals surface area contributed by atoms with Crippen LogP contribution >= 0.6 is 11.3 Å². The summed E-state index contributed by atoms with van der Waals surface area (Å²) in [4.78, 5) is 13.4. The summed E-state index contributed by atoms with van der Waals surface area (Å²) in [5, 5.41) is 4.24. The molecule has 2 heterocycles. The predicted octanol–water partition coefficient (Wildman–Crippen LogP) is 3.63. The van der Waals surface area contributed by atoms with Gasteiger partial charge in [0.25, 0.3) is 15.9 Å². The van der Waals surface area contributed by atoms with E-state index in [0.29, 0.717) is 16.9 Å². The Hall–Kier alpha value is -3.43. The number of aryl methyl sites for hydroxylation is 2. The maximum Gasteiger partial charge on any atom is 0.271 e. The number of para-hydroxylation sites is 2. The molecule has 0 saturated heterocycles. The lowest BCUT2D eigenvalue weighted by Gasteiger charge is -2.30. The Labute approximate surface area is 195 Å². The van der Waals surface area contributed by atoms with E-state index in [9.17, 15) is 13.2 Å². The second kappa shape index (κ2) is 8.49. The number of carbonyl (C=O) groups is 1. The molecule has 9 heteroatoms. The monoisotopic (exact) mass is 478 g/mol. The minimum atomic E-state index is -3.72. The SMILES string of the molecule is Cn1c(=NNC(=O)c2ccc(S(=O)(=O)N3CCCc4ccccc43)cc2)sc2ccccc21. The Morgan fingerprint density at radius 1 is 1.00 bits per heavy atom. The third-order valence-electron chi connectivity index (χ3n) is 5.74. The number of hydrogen-bond donors (Lipinski definition) is 1. The van der Waals surface area contributed by atoms with Gasteiger partial charge in [0.15, 0.2) is 0 Å². The Morgan fingerprint density at radius 3 is 2.52 bits per heavy atom. The molecule has 7 nitrogen and oxygen atoms in total. The third-order valence-corrected chi connectivity index (χ3v) is 8.68. The number of thiazole rings is 1. The first-order chi connectivity index (χ1) is 15.9. The molecule has 168 valence electrons. The minimum Gasteiger partial charge on any atom is -0.318 e. The van der Waals surface area contributed by atoms with Crippen molar-refractivity contribution in [1.29, 1.82) is 0 Å². The molecular formula is C24H22N4O3S2. The maximum atomic E-state index is 13.3. The largest absolute Gasteiger partial charge is 0.318 e. The van der Waals surface area contributed by atoms with Crippen LogP contribution in [0.15, 0.2) is 82.8 Å². The van der Waals surface area contributed by atoms with E-state index in [2.05, 4.69) is 10.5 Å². The number of hydrogen-bond acceptors (Lipinski definition) is 5. The van der Waals surface area contributed by atoms with Gasteiger partial charge in [0.2, 0.25) is 4.80 Å². The summed E-state index contributed by atoms with van der Waals surface area (Å²) in [5.74, 6) is -0.403. The van der Waals surface area contributed by atoms with Crippen molar-refractivity contribution < 1.29 is 13.2 Å². The smallest absolute Gasteiger partial charge is 0.271 e. The molecule has 33 heavy (non-hydrogen) atoms. The first kappa shape index (κ1) is 21.4. The predicted molar refractivity (Wildman–Crippen MR) is 130 cm³/mol. The van der Waals surface area contributed by atoms with Gasteiger partial charge in [-0.05, 0) is 60.9 Å². The lowest BCUT2D eigenvalue weighted by Crippen LogP contribution is -2.35. The summed E-state index contributed by atoms with van der Waals surface area (Å²) in [6.45, 7) is 0.437. The van der Waals surface area contributed by atoms with Crippen LogP contribution in [0.3, 0.4) is 0 Å². The molecule has 1 aromatic heterocycles. The van der Waals surface area contributed by atoms with Gasteiger partial charge in [0.1, 0.15) is 0 Å². The number of fused-ring (bicyclic) bond motifs is 2. The molecule has 1 N–H and O–H groups in total. The van der Waals surface area contributed by atoms with Crippen LogP contribution in [0.25, 0.3) is 10.2 Å². The topological polar surface area (TPSA) is 83.8 Å². The highest BCUT2D eigenvalue weighted by Gasteiger charge is 2.28. The van der Waals surface area contributed by atoms with Crippen LogP contribution in [0.4, 0.5) is 5.69 Å². The van der Waals surface area contributed by atoms with E-state index in [-0.39, 0.29) is 4.90 Å². The van der Waals surface area contributed by atoms with Crippen LogP contribution in [0.5, 0.6) is 0 Å². The van der Waals surface area contributed by atoms with Crippen molar-refractivity contribution in [1.82, 2.24) is 9.99 Å². The Morgan fingerprint density at radius 2 is 1.73 bits per heavy atom. The van der Waals surface area contributed by atoms with Gasteiger partial charge in [-0.1, -0.05) is 41.7 Å². The number of benzene rings is 3. The molecule has 0 saturated carbocycles. The van der Waals surface area contributed by atoms with Crippen LogP contribution in [-0.2, 0) is 23.5 Å². The first-order valence-corrected chi connectivity index (χ1v) is 12.8. The van der Waals surface area contributed by atoms with Crippen molar-refractivity contribution >= 4 is 43.2 Å². The molecule has 5 rings (SSSR count). The second-order valence-electron chi connectivity index (χ2n) is 7.80. The van der Waals surface area contributed by atoms with Crippen LogP contribution in [0.2, 0.25) is 0 Å². The van der Waals surface area contributed by atoms with Crippen LogP contribution in [-0.4, -0.2) is 25.4 Å². The van der Waals surface area contributed by atoms with E-state index in [1.54, 1.807) is 0 Å². The molecule has 0 spiro atoms. The highest BCUT2D eigenvalue weighted by Crippen LogP contribution is 2.31. The van der Waals surface area contributed by atoms with Crippen molar-refractivity contribution in [2.75, 3.05) is 10.8 Å². The number of aromatic nitrogens is 1. The molecule has 1 aliphatic heterocycles. The Bertz CT molecular complexity index is 1520. The van der Waals surface area contributed by atoms with Gasteiger partial charge in [-0.15, -0.1) is 5.10 Å². The summed E-state index contributed by atoms with van der Waals surface area (Å²) in [6.07, 6.45) is 1.63. The van der Waals surface area contributed by atoms with Crippen LogP contribution in [0, 0.1) is 0 Å². The fourth-order valence-electron chi connectivity index (χ4n) is 4.01. The highest BCUT2D eigenvalue weighted by molar-refractivity contribution is 7.92. The van der Waals surface area contributed by atoms with Gasteiger partial charge in [-0.3, -0.25) is 9.10 Å². The van der Waals surface area contributed by atoms with Gasteiger partial charge in [0, 0.05) is 19.2 Å². The average Bonchev–Trinajstić information content (AvgIpc) is 3.17. The Balaban J connectivity index is 1.37. The Kier molecular flexibility index (Phi) is 5.51. The average molecular weight is 479 g/mol. The summed E-state index contributed by atoms with van der Waals surface area (Å²) >= 11 is 1.47. The molecule has 0 aliphatic carbocycles. The molecule has 1 aliphatic rings. The van der Waals surface area contributed by atoms with E-state index in [0.717, 1.165) is 34.3 Å². The van der Waals surface area contributed by atoms with Crippen molar-refractivity contribution in [3.8, 4) is 0 Å². The standard InChI is InChI=1S/C24H22N4O3S2/c1-27-21-10-4-5-11-22(21)32-24(27)26-25-23(29)18-12-14-19(15-13-18)33(30,31)28-16-6-8-17-7-2-3-9-20(17)28/h2-5,7,9-15H,6,8,16H2,1H3,(H,25,29). The lowest BCUT2D eigenvalue weighted by molar-refractivity contribution is 0.0953. The normalized spacial score (nSPS) is 14.3. The number of nitrogens with zero attached hydrogens (tertiary/aromatic N) is 3. The van der Waals surface area contributed by atoms with E-state index in [1.165, 1.54) is 39.9 Å². The number of rotatable bonds is 4. The summed E-state index contributed by atoms with van der Waals surface area (Å²) in [7, 11) is -1.83. The molecule has 0 radical (unpaired) electrons. The van der Waals surface area contributed by atoms with Crippen LogP contribution in [0.1, 0.15) is 22.3 Å². The molecule has 0 atom stereocenters. The number of carbonyl (C=O) groups excluding carboxylic acids is 1. The van der Waals surface area contributed by atoms with Crippen molar-refractivity contribution in [3.05, 3.63) is 88.7 Å². The summed E-state index contributed by atoms with van der Waals surface area (Å²) in [6, 6.07) is 21.4. The van der Waals surface area contributed by atoms with Gasteiger partial charge in [-0.2, -0.15) is 0 Å². The maximum absolute atomic E-state index is 13.3. The van der Waals surface area contributed by atoms with Gasteiger partial charge in [-0.25, -0.2) is 13.8 Å². The zero-order valence-electron chi connectivity index (χ0n) is 17.9. The molecule has 4 aromatic rings. The molecule has 0 fully saturated rings. The van der Waals surface area contributed by atoms with Gasteiger partial charge in [0.05, 0.1) is 20.8 Å². The quantitative estimate of drug-likeness (QED) is 0.455. The van der Waals surface area contributed by atoms with Gasteiger partial charge >= 0.3 is 0 Å². The minimum absolute atomic E-state index is 0.156. The van der Waals surface area contributed by atoms with Crippen LogP contribution < -0.4 is 14.5 Å². The zero-order chi connectivity index (χ0) is 23.0. The van der Waals surface area contributed by atoms with E-state index >= 15 is 0 Å². The van der Waals surface area contributed by atoms with E-state index in [4.69, 9.17) is 0 Å². The number of amides is 1. The molecule has 0 unspecified atom stereocenters. The van der Waals surface area contributed by atoms with Crippen molar-refractivity contribution in [3.63, 3.8) is 0 Å². The fourth-order valence-corrected chi connectivity index (χ4v) is 6.53. The zero-order valence-corrected chi connectivity index (χ0v) is 19.6. The highest BCUT2D eigenvalue weighted by atomic mass is 32.2. The third kappa shape index (κ3) is 3.94. The molecule has 3 aromatic carbocycles. The number of anilines is 1. The summed E-state index contributed by atoms with van der Waals surface area (Å²) in [5.41, 5.74) is 5.68. The second-order valence-corrected chi connectivity index (χ2v) is 10.7. The van der Waals surface area contributed by atoms with E-state index in [1.807, 2.05) is 60.1 Å². The lowest BCUT2D eigenvalue weighted by atomic mass is 10.0. The molecular weight excluding hydrogens is 456 g/mol. The first-order valence-electron chi connectivity index (χ1n) is 10.5. The van der Waals surface area contributed by atoms with Crippen molar-refractivity contribution in [2.24, 2.45) is 12.1 Å². The molecule has 0 bridgehead atoms. The molecule has 1 amide bonds.